The number of carbonyl (C=O) groups excluding carboxylic acids is 1. The van der Waals surface area contributed by atoms with Crippen molar-refractivity contribution in [3.63, 3.8) is 0 Å². The molecule has 2 aromatic rings. The Morgan fingerprint density at radius 3 is 3.04 bits per heavy atom. The minimum absolute atomic E-state index is 0.0606. The third-order valence-corrected chi connectivity index (χ3v) is 5.35. The lowest BCUT2D eigenvalue weighted by atomic mass is 10.00. The minimum Gasteiger partial charge on any atom is -0.487 e. The van der Waals surface area contributed by atoms with E-state index < -0.39 is 0 Å². The number of pyridine rings is 1. The monoisotopic (exact) mass is 365 g/mol. The summed E-state index contributed by atoms with van der Waals surface area (Å²) in [6.07, 6.45) is 3.62. The van der Waals surface area contributed by atoms with Crippen LogP contribution in [0.3, 0.4) is 0 Å². The zero-order chi connectivity index (χ0) is 18.9. The molecule has 4 rings (SSSR count). The van der Waals surface area contributed by atoms with Gasteiger partial charge < -0.3 is 10.1 Å². The van der Waals surface area contributed by atoms with Gasteiger partial charge in [0.2, 0.25) is 5.91 Å². The standard InChI is InChI=1S/C22H27N3O2/c1-22(2)12-18-11-16(6-7-20(18)27-22)14-25-10-8-17(15-25)21(26)24-13-19-5-3-4-9-23-19/h3-7,9,11,17H,8,10,12-15H2,1-2H3,(H,24,26). The molecule has 1 aromatic heterocycles. The molecule has 1 saturated heterocycles. The van der Waals surface area contributed by atoms with E-state index in [1.807, 2.05) is 18.2 Å². The predicted molar refractivity (Wildman–Crippen MR) is 104 cm³/mol. The molecule has 0 aliphatic carbocycles. The number of likely N-dealkylation sites (tertiary alicyclic amines) is 1. The number of hydrogen-bond acceptors (Lipinski definition) is 4. The van der Waals surface area contributed by atoms with Crippen molar-refractivity contribution in [2.75, 3.05) is 13.1 Å². The van der Waals surface area contributed by atoms with Gasteiger partial charge in [0.15, 0.2) is 0 Å². The Labute approximate surface area is 160 Å². The molecule has 2 aliphatic rings. The summed E-state index contributed by atoms with van der Waals surface area (Å²) in [6, 6.07) is 12.3. The minimum atomic E-state index is -0.106. The van der Waals surface area contributed by atoms with E-state index in [0.29, 0.717) is 6.54 Å². The highest BCUT2D eigenvalue weighted by molar-refractivity contribution is 5.79. The van der Waals surface area contributed by atoms with Crippen molar-refractivity contribution in [2.24, 2.45) is 5.92 Å². The average molecular weight is 365 g/mol. The number of nitrogens with one attached hydrogen (secondary N) is 1. The second-order valence-corrected chi connectivity index (χ2v) is 8.24. The summed E-state index contributed by atoms with van der Waals surface area (Å²) < 4.78 is 5.96. The van der Waals surface area contributed by atoms with Gasteiger partial charge in [0.05, 0.1) is 18.2 Å². The molecular formula is C22H27N3O2. The Balaban J connectivity index is 1.29. The number of hydrogen-bond donors (Lipinski definition) is 1. The third-order valence-electron chi connectivity index (χ3n) is 5.35. The molecular weight excluding hydrogens is 338 g/mol. The zero-order valence-corrected chi connectivity index (χ0v) is 16.1. The zero-order valence-electron chi connectivity index (χ0n) is 16.1. The number of rotatable bonds is 5. The molecule has 1 atom stereocenters. The number of nitrogens with zero attached hydrogens (tertiary/aromatic N) is 2. The summed E-state index contributed by atoms with van der Waals surface area (Å²) in [4.78, 5) is 19.1. The van der Waals surface area contributed by atoms with E-state index in [1.165, 1.54) is 11.1 Å². The summed E-state index contributed by atoms with van der Waals surface area (Å²) in [5, 5.41) is 3.02. The normalized spacial score (nSPS) is 20.9. The second kappa shape index (κ2) is 7.31. The number of benzene rings is 1. The van der Waals surface area contributed by atoms with Crippen LogP contribution in [-0.2, 0) is 24.3 Å². The first-order valence-corrected chi connectivity index (χ1v) is 9.69. The Bertz CT molecular complexity index is 820. The molecule has 1 fully saturated rings. The van der Waals surface area contributed by atoms with E-state index in [4.69, 9.17) is 4.74 Å². The molecule has 1 aromatic carbocycles. The van der Waals surface area contributed by atoms with Gasteiger partial charge in [-0.2, -0.15) is 0 Å². The molecule has 1 N–H and O–H groups in total. The van der Waals surface area contributed by atoms with Crippen molar-refractivity contribution < 1.29 is 9.53 Å². The van der Waals surface area contributed by atoms with Gasteiger partial charge in [0, 0.05) is 25.7 Å². The summed E-state index contributed by atoms with van der Waals surface area (Å²) in [5.41, 5.74) is 3.38. The highest BCUT2D eigenvalue weighted by Gasteiger charge is 2.31. The van der Waals surface area contributed by atoms with E-state index in [1.54, 1.807) is 6.20 Å². The number of aromatic nitrogens is 1. The van der Waals surface area contributed by atoms with Crippen LogP contribution in [0.15, 0.2) is 42.6 Å². The molecule has 5 nitrogen and oxygen atoms in total. The fraction of sp³-hybridized carbons (Fsp3) is 0.455. The van der Waals surface area contributed by atoms with Gasteiger partial charge >= 0.3 is 0 Å². The molecule has 0 spiro atoms. The summed E-state index contributed by atoms with van der Waals surface area (Å²) in [5.74, 6) is 1.20. The molecule has 0 saturated carbocycles. The molecule has 1 amide bonds. The molecule has 142 valence electrons. The van der Waals surface area contributed by atoms with Crippen molar-refractivity contribution in [1.29, 1.82) is 0 Å². The number of fused-ring (bicyclic) bond motifs is 1. The largest absolute Gasteiger partial charge is 0.487 e. The number of carbonyl (C=O) groups is 1. The lowest BCUT2D eigenvalue weighted by Gasteiger charge is -2.17. The predicted octanol–water partition coefficient (Wildman–Crippen LogP) is 2.93. The Morgan fingerprint density at radius 2 is 2.22 bits per heavy atom. The van der Waals surface area contributed by atoms with E-state index in [0.717, 1.165) is 43.9 Å². The van der Waals surface area contributed by atoms with Crippen molar-refractivity contribution in [3.8, 4) is 5.75 Å². The quantitative estimate of drug-likeness (QED) is 0.885. The lowest BCUT2D eigenvalue weighted by Crippen LogP contribution is -2.32. The highest BCUT2D eigenvalue weighted by atomic mass is 16.5. The fourth-order valence-corrected chi connectivity index (χ4v) is 4.03. The van der Waals surface area contributed by atoms with Gasteiger partial charge in [-0.15, -0.1) is 0 Å². The van der Waals surface area contributed by atoms with Crippen LogP contribution in [0.4, 0.5) is 0 Å². The summed E-state index contributed by atoms with van der Waals surface area (Å²) in [7, 11) is 0. The first kappa shape index (κ1) is 18.0. The topological polar surface area (TPSA) is 54.5 Å². The first-order chi connectivity index (χ1) is 13.0. The van der Waals surface area contributed by atoms with Crippen molar-refractivity contribution in [2.45, 2.75) is 45.4 Å². The van der Waals surface area contributed by atoms with E-state index in [-0.39, 0.29) is 17.4 Å². The van der Waals surface area contributed by atoms with E-state index >= 15 is 0 Å². The molecule has 0 bridgehead atoms. The molecule has 2 aliphatic heterocycles. The molecule has 27 heavy (non-hydrogen) atoms. The van der Waals surface area contributed by atoms with Crippen LogP contribution in [-0.4, -0.2) is 34.5 Å². The van der Waals surface area contributed by atoms with Crippen LogP contribution in [0.25, 0.3) is 0 Å². The number of ether oxygens (including phenoxy) is 1. The van der Waals surface area contributed by atoms with Crippen molar-refractivity contribution >= 4 is 5.91 Å². The van der Waals surface area contributed by atoms with Crippen LogP contribution in [0.2, 0.25) is 0 Å². The lowest BCUT2D eigenvalue weighted by molar-refractivity contribution is -0.124. The Morgan fingerprint density at radius 1 is 1.33 bits per heavy atom. The van der Waals surface area contributed by atoms with Crippen molar-refractivity contribution in [3.05, 3.63) is 59.4 Å². The SMILES string of the molecule is CC1(C)Cc2cc(CN3CCC(C(=O)NCc4ccccn4)C3)ccc2O1. The van der Waals surface area contributed by atoms with Crippen LogP contribution < -0.4 is 10.1 Å². The highest BCUT2D eigenvalue weighted by Crippen LogP contribution is 2.35. The van der Waals surface area contributed by atoms with Crippen LogP contribution in [0.1, 0.15) is 37.1 Å². The maximum absolute atomic E-state index is 12.5. The summed E-state index contributed by atoms with van der Waals surface area (Å²) >= 11 is 0. The summed E-state index contributed by atoms with van der Waals surface area (Å²) in [6.45, 7) is 7.41. The van der Waals surface area contributed by atoms with Gasteiger partial charge in [-0.1, -0.05) is 18.2 Å². The van der Waals surface area contributed by atoms with Gasteiger partial charge in [-0.05, 0) is 56.1 Å². The van der Waals surface area contributed by atoms with Crippen LogP contribution >= 0.6 is 0 Å². The second-order valence-electron chi connectivity index (χ2n) is 8.24. The Kier molecular flexibility index (Phi) is 4.87. The van der Waals surface area contributed by atoms with Gasteiger partial charge in [-0.3, -0.25) is 14.7 Å². The number of amides is 1. The molecule has 0 radical (unpaired) electrons. The maximum Gasteiger partial charge on any atom is 0.224 e. The molecule has 5 heteroatoms. The smallest absolute Gasteiger partial charge is 0.224 e. The molecule has 1 unspecified atom stereocenters. The third kappa shape index (κ3) is 4.30. The maximum atomic E-state index is 12.5. The van der Waals surface area contributed by atoms with Gasteiger partial charge in [0.1, 0.15) is 11.4 Å². The van der Waals surface area contributed by atoms with Gasteiger partial charge in [-0.25, -0.2) is 0 Å². The van der Waals surface area contributed by atoms with Crippen LogP contribution in [0.5, 0.6) is 5.75 Å². The first-order valence-electron chi connectivity index (χ1n) is 9.69. The van der Waals surface area contributed by atoms with E-state index in [2.05, 4.69) is 47.2 Å². The van der Waals surface area contributed by atoms with E-state index in [9.17, 15) is 4.79 Å². The fourth-order valence-electron chi connectivity index (χ4n) is 4.03. The van der Waals surface area contributed by atoms with Crippen molar-refractivity contribution in [1.82, 2.24) is 15.2 Å². The average Bonchev–Trinajstić information content (AvgIpc) is 3.23. The van der Waals surface area contributed by atoms with Crippen LogP contribution in [0, 0.1) is 5.92 Å². The van der Waals surface area contributed by atoms with Gasteiger partial charge in [0.25, 0.3) is 0 Å². The Hall–Kier alpha value is -2.40. The molecule has 3 heterocycles.